The molecule has 0 saturated heterocycles. The van der Waals surface area contributed by atoms with Crippen LogP contribution in [0.2, 0.25) is 5.15 Å². The molecular weight excluding hydrogens is 304 g/mol. The van der Waals surface area contributed by atoms with Gasteiger partial charge in [-0.05, 0) is 35.9 Å². The van der Waals surface area contributed by atoms with Crippen LogP contribution in [0.15, 0.2) is 42.6 Å². The Kier molecular flexibility index (Phi) is 5.38. The van der Waals surface area contributed by atoms with Crippen molar-refractivity contribution in [3.63, 3.8) is 0 Å². The third kappa shape index (κ3) is 3.99. The smallest absolute Gasteiger partial charge is 0.248 e. The molecule has 5 nitrogen and oxygen atoms in total. The van der Waals surface area contributed by atoms with Gasteiger partial charge in [-0.25, -0.2) is 4.98 Å². The summed E-state index contributed by atoms with van der Waals surface area (Å²) in [6, 6.07) is 8.74. The highest BCUT2D eigenvalue weighted by molar-refractivity contribution is 6.32. The van der Waals surface area contributed by atoms with E-state index in [0.29, 0.717) is 17.2 Å². The number of hydrogen-bond acceptors (Lipinski definition) is 4. The molecule has 0 spiro atoms. The van der Waals surface area contributed by atoms with E-state index < -0.39 is 0 Å². The van der Waals surface area contributed by atoms with Crippen molar-refractivity contribution in [2.75, 3.05) is 19.5 Å². The van der Waals surface area contributed by atoms with E-state index in [1.54, 1.807) is 50.8 Å². The fourth-order valence-electron chi connectivity index (χ4n) is 1.78. The molecule has 0 atom stereocenters. The summed E-state index contributed by atoms with van der Waals surface area (Å²) < 4.78 is 10.4. The molecule has 1 aromatic carbocycles. The van der Waals surface area contributed by atoms with Gasteiger partial charge in [0.25, 0.3) is 0 Å². The molecule has 22 heavy (non-hydrogen) atoms. The highest BCUT2D eigenvalue weighted by Gasteiger charge is 2.05. The molecule has 0 bridgehead atoms. The van der Waals surface area contributed by atoms with Gasteiger partial charge in [0.1, 0.15) is 0 Å². The number of pyridine rings is 1. The number of carbonyl (C=O) groups excluding carboxylic acids is 1. The SMILES string of the molecule is COc1ccc(C=CC(=O)Nc2cccnc2Cl)cc1OC. The van der Waals surface area contributed by atoms with Gasteiger partial charge in [0.05, 0.1) is 19.9 Å². The zero-order chi connectivity index (χ0) is 15.9. The number of hydrogen-bond donors (Lipinski definition) is 1. The molecule has 0 unspecified atom stereocenters. The Morgan fingerprint density at radius 2 is 2.00 bits per heavy atom. The summed E-state index contributed by atoms with van der Waals surface area (Å²) >= 11 is 5.88. The predicted octanol–water partition coefficient (Wildman–Crippen LogP) is 3.40. The Labute approximate surface area is 133 Å². The van der Waals surface area contributed by atoms with Crippen LogP contribution in [0.1, 0.15) is 5.56 Å². The van der Waals surface area contributed by atoms with E-state index in [0.717, 1.165) is 5.56 Å². The van der Waals surface area contributed by atoms with E-state index in [1.807, 2.05) is 6.07 Å². The standard InChI is InChI=1S/C16H15ClN2O3/c1-21-13-7-5-11(10-14(13)22-2)6-8-15(20)19-12-4-3-9-18-16(12)17/h3-10H,1-2H3,(H,19,20). The lowest BCUT2D eigenvalue weighted by atomic mass is 10.2. The Morgan fingerprint density at radius 1 is 1.23 bits per heavy atom. The molecule has 0 aliphatic rings. The molecular formula is C16H15ClN2O3. The molecule has 0 aliphatic heterocycles. The van der Waals surface area contributed by atoms with Gasteiger partial charge in [-0.15, -0.1) is 0 Å². The number of nitrogens with zero attached hydrogens (tertiary/aromatic N) is 1. The van der Waals surface area contributed by atoms with E-state index >= 15 is 0 Å². The Balaban J connectivity index is 2.08. The van der Waals surface area contributed by atoms with Crippen LogP contribution in [0.25, 0.3) is 6.08 Å². The Bertz CT molecular complexity index is 702. The van der Waals surface area contributed by atoms with E-state index in [4.69, 9.17) is 21.1 Å². The van der Waals surface area contributed by atoms with Gasteiger partial charge in [0, 0.05) is 12.3 Å². The van der Waals surface area contributed by atoms with Gasteiger partial charge in [0.15, 0.2) is 16.7 Å². The van der Waals surface area contributed by atoms with Gasteiger partial charge < -0.3 is 14.8 Å². The van der Waals surface area contributed by atoms with Crippen LogP contribution in [-0.2, 0) is 4.79 Å². The highest BCUT2D eigenvalue weighted by atomic mass is 35.5. The lowest BCUT2D eigenvalue weighted by molar-refractivity contribution is -0.111. The monoisotopic (exact) mass is 318 g/mol. The zero-order valence-corrected chi connectivity index (χ0v) is 12.9. The molecule has 1 heterocycles. The quantitative estimate of drug-likeness (QED) is 0.678. The van der Waals surface area contributed by atoms with E-state index in [9.17, 15) is 4.79 Å². The number of methoxy groups -OCH3 is 2. The predicted molar refractivity (Wildman–Crippen MR) is 86.5 cm³/mol. The minimum Gasteiger partial charge on any atom is -0.493 e. The summed E-state index contributed by atoms with van der Waals surface area (Å²) in [7, 11) is 3.13. The van der Waals surface area contributed by atoms with Gasteiger partial charge in [-0.3, -0.25) is 4.79 Å². The molecule has 2 aromatic rings. The first-order valence-electron chi connectivity index (χ1n) is 6.45. The maximum atomic E-state index is 11.9. The molecule has 2 rings (SSSR count). The number of halogens is 1. The normalized spacial score (nSPS) is 10.5. The Morgan fingerprint density at radius 3 is 2.68 bits per heavy atom. The van der Waals surface area contributed by atoms with Crippen LogP contribution >= 0.6 is 11.6 Å². The van der Waals surface area contributed by atoms with Gasteiger partial charge in [0.2, 0.25) is 5.91 Å². The lowest BCUT2D eigenvalue weighted by Gasteiger charge is -2.07. The van der Waals surface area contributed by atoms with Crippen molar-refractivity contribution >= 4 is 29.3 Å². The van der Waals surface area contributed by atoms with Crippen molar-refractivity contribution in [3.05, 3.63) is 53.3 Å². The third-order valence-corrected chi connectivity index (χ3v) is 3.15. The third-order valence-electron chi connectivity index (χ3n) is 2.85. The van der Waals surface area contributed by atoms with Crippen molar-refractivity contribution in [3.8, 4) is 11.5 Å². The number of aromatic nitrogens is 1. The van der Waals surface area contributed by atoms with Crippen molar-refractivity contribution in [1.29, 1.82) is 0 Å². The molecule has 1 amide bonds. The number of rotatable bonds is 5. The van der Waals surface area contributed by atoms with Crippen LogP contribution in [0.3, 0.4) is 0 Å². The number of benzene rings is 1. The summed E-state index contributed by atoms with van der Waals surface area (Å²) in [4.78, 5) is 15.8. The van der Waals surface area contributed by atoms with Gasteiger partial charge in [-0.1, -0.05) is 17.7 Å². The van der Waals surface area contributed by atoms with Crippen LogP contribution in [0, 0.1) is 0 Å². The first kappa shape index (κ1) is 15.9. The summed E-state index contributed by atoms with van der Waals surface area (Å²) in [5.74, 6) is 0.927. The average molecular weight is 319 g/mol. The van der Waals surface area contributed by atoms with Crippen molar-refractivity contribution in [2.45, 2.75) is 0 Å². The van der Waals surface area contributed by atoms with Crippen LogP contribution in [0.5, 0.6) is 11.5 Å². The van der Waals surface area contributed by atoms with Gasteiger partial charge >= 0.3 is 0 Å². The van der Waals surface area contributed by atoms with Gasteiger partial charge in [-0.2, -0.15) is 0 Å². The van der Waals surface area contributed by atoms with Crippen LogP contribution < -0.4 is 14.8 Å². The molecule has 114 valence electrons. The fourth-order valence-corrected chi connectivity index (χ4v) is 1.95. The number of ether oxygens (including phenoxy) is 2. The summed E-state index contributed by atoms with van der Waals surface area (Å²) in [6.07, 6.45) is 4.63. The van der Waals surface area contributed by atoms with E-state index in [1.165, 1.54) is 6.08 Å². The van der Waals surface area contributed by atoms with E-state index in [-0.39, 0.29) is 11.1 Å². The molecule has 0 radical (unpaired) electrons. The molecule has 1 aromatic heterocycles. The summed E-state index contributed by atoms with van der Waals surface area (Å²) in [5.41, 5.74) is 1.27. The lowest BCUT2D eigenvalue weighted by Crippen LogP contribution is -2.08. The average Bonchev–Trinajstić information content (AvgIpc) is 2.54. The fraction of sp³-hybridized carbons (Fsp3) is 0.125. The second-order valence-corrected chi connectivity index (χ2v) is 4.64. The maximum Gasteiger partial charge on any atom is 0.248 e. The number of anilines is 1. The maximum absolute atomic E-state index is 11.9. The molecule has 0 saturated carbocycles. The van der Waals surface area contributed by atoms with Crippen molar-refractivity contribution in [1.82, 2.24) is 4.98 Å². The zero-order valence-electron chi connectivity index (χ0n) is 12.2. The minimum absolute atomic E-state index is 0.246. The van der Waals surface area contributed by atoms with Crippen LogP contribution in [-0.4, -0.2) is 25.1 Å². The second kappa shape index (κ2) is 7.47. The van der Waals surface area contributed by atoms with Crippen molar-refractivity contribution < 1.29 is 14.3 Å². The second-order valence-electron chi connectivity index (χ2n) is 4.28. The molecule has 0 fully saturated rings. The summed E-state index contributed by atoms with van der Waals surface area (Å²) in [6.45, 7) is 0. The summed E-state index contributed by atoms with van der Waals surface area (Å²) in [5, 5.41) is 2.90. The number of nitrogens with one attached hydrogen (secondary N) is 1. The number of carbonyl (C=O) groups is 1. The number of amides is 1. The first-order chi connectivity index (χ1) is 10.6. The van der Waals surface area contributed by atoms with E-state index in [2.05, 4.69) is 10.3 Å². The van der Waals surface area contributed by atoms with Crippen LogP contribution in [0.4, 0.5) is 5.69 Å². The highest BCUT2D eigenvalue weighted by Crippen LogP contribution is 2.28. The molecule has 1 N–H and O–H groups in total. The Hall–Kier alpha value is -2.53. The first-order valence-corrected chi connectivity index (χ1v) is 6.83. The molecule has 0 aliphatic carbocycles. The topological polar surface area (TPSA) is 60.5 Å². The van der Waals surface area contributed by atoms with Crippen molar-refractivity contribution in [2.24, 2.45) is 0 Å². The largest absolute Gasteiger partial charge is 0.493 e. The minimum atomic E-state index is -0.301. The molecule has 6 heteroatoms.